The zero-order valence-corrected chi connectivity index (χ0v) is 14.1. The number of rotatable bonds is 3. The smallest absolute Gasteiger partial charge is 0.159 e. The summed E-state index contributed by atoms with van der Waals surface area (Å²) in [6.45, 7) is 5.63. The fourth-order valence-electron chi connectivity index (χ4n) is 2.55. The monoisotopic (exact) mass is 325 g/mol. The summed E-state index contributed by atoms with van der Waals surface area (Å²) in [5.41, 5.74) is 5.74. The van der Waals surface area contributed by atoms with Gasteiger partial charge in [0.1, 0.15) is 0 Å². The minimum atomic E-state index is 0. The van der Waals surface area contributed by atoms with Crippen molar-refractivity contribution in [1.82, 2.24) is 4.98 Å². The maximum atomic E-state index is 11.5. The summed E-state index contributed by atoms with van der Waals surface area (Å²) in [7, 11) is 0. The molecule has 23 heavy (non-hydrogen) atoms. The van der Waals surface area contributed by atoms with E-state index in [-0.39, 0.29) is 18.2 Å². The molecule has 0 spiro atoms. The second kappa shape index (κ2) is 6.80. The highest BCUT2D eigenvalue weighted by Crippen LogP contribution is 2.27. The molecule has 0 fully saturated rings. The average Bonchev–Trinajstić information content (AvgIpc) is 2.48. The van der Waals surface area contributed by atoms with Crippen LogP contribution in [0.15, 0.2) is 48.5 Å². The third-order valence-electron chi connectivity index (χ3n) is 3.64. The van der Waals surface area contributed by atoms with Crippen molar-refractivity contribution >= 4 is 28.1 Å². The summed E-state index contributed by atoms with van der Waals surface area (Å²) >= 11 is 0. The molecule has 0 aliphatic carbocycles. The number of hydrogen-bond acceptors (Lipinski definition) is 3. The molecule has 0 aliphatic rings. The predicted molar refractivity (Wildman–Crippen MR) is 90.9 cm³/mol. The van der Waals surface area contributed by atoms with E-state index < -0.39 is 0 Å². The quantitative estimate of drug-likeness (QED) is 0.747. The van der Waals surface area contributed by atoms with E-state index in [9.17, 15) is 4.79 Å². The molecule has 0 saturated carbocycles. The van der Waals surface area contributed by atoms with Crippen LogP contribution in [0.4, 0.5) is 11.4 Å². The summed E-state index contributed by atoms with van der Waals surface area (Å²) < 4.78 is 0. The Hall–Kier alpha value is -2.39. The number of fused-ring (bicyclic) bond motifs is 1. The lowest BCUT2D eigenvalue weighted by atomic mass is 10.1. The summed E-state index contributed by atoms with van der Waals surface area (Å²) in [4.78, 5) is 16.1. The van der Waals surface area contributed by atoms with E-state index >= 15 is 0 Å². The molecule has 0 aliphatic heterocycles. The van der Waals surface area contributed by atoms with E-state index in [1.165, 1.54) is 5.56 Å². The number of benzene rings is 2. The number of ketones is 1. The van der Waals surface area contributed by atoms with Crippen molar-refractivity contribution in [3.8, 4) is 0 Å². The third-order valence-corrected chi connectivity index (χ3v) is 3.64. The molecule has 118 valence electrons. The number of aromatic nitrogens is 1. The zero-order chi connectivity index (χ0) is 15.7. The van der Waals surface area contributed by atoms with Crippen molar-refractivity contribution in [2.45, 2.75) is 20.8 Å². The van der Waals surface area contributed by atoms with Crippen molar-refractivity contribution in [3.05, 3.63) is 65.4 Å². The first-order chi connectivity index (χ1) is 10.5. The number of nitrogens with one attached hydrogen (secondary N) is 1. The number of halogens is 1. The van der Waals surface area contributed by atoms with Crippen LogP contribution in [-0.4, -0.2) is 10.8 Å². The lowest BCUT2D eigenvalue weighted by molar-refractivity contribution is -0.0000126. The topological polar surface area (TPSA) is 42.0 Å². The van der Waals surface area contributed by atoms with E-state index in [1.54, 1.807) is 6.92 Å². The molecule has 0 bridgehead atoms. The Morgan fingerprint density at radius 3 is 2.57 bits per heavy atom. The summed E-state index contributed by atoms with van der Waals surface area (Å²) in [5, 5.41) is 4.50. The maximum Gasteiger partial charge on any atom is 0.159 e. The van der Waals surface area contributed by atoms with Gasteiger partial charge in [0.25, 0.3) is 0 Å². The van der Waals surface area contributed by atoms with Crippen LogP contribution in [0.1, 0.15) is 28.5 Å². The van der Waals surface area contributed by atoms with Crippen LogP contribution >= 0.6 is 0 Å². The van der Waals surface area contributed by atoms with Gasteiger partial charge in [0, 0.05) is 28.0 Å². The Bertz CT molecular complexity index is 874. The van der Waals surface area contributed by atoms with Gasteiger partial charge >= 0.3 is 0 Å². The van der Waals surface area contributed by atoms with Crippen LogP contribution in [-0.2, 0) is 0 Å². The first kappa shape index (κ1) is 17.0. The lowest BCUT2D eigenvalue weighted by Gasteiger charge is -2.12. The number of pyridine rings is 1. The van der Waals surface area contributed by atoms with E-state index in [4.69, 9.17) is 0 Å². The first-order valence-electron chi connectivity index (χ1n) is 7.29. The highest BCUT2D eigenvalue weighted by molar-refractivity contribution is 5.96. The standard InChI is InChI=1S/C19H18N2O.ClH/c1-12-7-8-18-17(9-12)19(10-13(2)20-18)21-16-6-4-5-15(11-16)14(3)22;/h4-11H,1-3H3,(H,20,21);1H/p-1. The summed E-state index contributed by atoms with van der Waals surface area (Å²) in [6, 6.07) is 15.8. The Labute approximate surface area is 142 Å². The molecule has 1 heterocycles. The Kier molecular flexibility index (Phi) is 5.02. The van der Waals surface area contributed by atoms with Crippen molar-refractivity contribution in [2.75, 3.05) is 5.32 Å². The molecule has 1 aromatic heterocycles. The van der Waals surface area contributed by atoms with Gasteiger partial charge in [0.05, 0.1) is 5.52 Å². The van der Waals surface area contributed by atoms with Gasteiger partial charge in [-0.3, -0.25) is 9.78 Å². The molecular formula is C19H18ClN2O-. The Balaban J connectivity index is 0.00000192. The van der Waals surface area contributed by atoms with Crippen LogP contribution in [0.3, 0.4) is 0 Å². The second-order valence-electron chi connectivity index (χ2n) is 5.59. The Morgan fingerprint density at radius 2 is 1.83 bits per heavy atom. The lowest BCUT2D eigenvalue weighted by Crippen LogP contribution is -3.00. The third kappa shape index (κ3) is 3.69. The largest absolute Gasteiger partial charge is 1.00 e. The molecule has 3 aromatic rings. The zero-order valence-electron chi connectivity index (χ0n) is 13.4. The summed E-state index contributed by atoms with van der Waals surface area (Å²) in [5.74, 6) is 0.0651. The van der Waals surface area contributed by atoms with Crippen molar-refractivity contribution in [3.63, 3.8) is 0 Å². The van der Waals surface area contributed by atoms with Gasteiger partial charge in [-0.1, -0.05) is 23.8 Å². The minimum absolute atomic E-state index is 0. The van der Waals surface area contributed by atoms with Crippen LogP contribution in [0, 0.1) is 13.8 Å². The Morgan fingerprint density at radius 1 is 1.04 bits per heavy atom. The van der Waals surface area contributed by atoms with Crippen molar-refractivity contribution < 1.29 is 17.2 Å². The number of Topliss-reactive ketones (excluding diaryl/α,β-unsaturated/α-hetero) is 1. The van der Waals surface area contributed by atoms with Crippen LogP contribution in [0.2, 0.25) is 0 Å². The molecule has 0 unspecified atom stereocenters. The van der Waals surface area contributed by atoms with Gasteiger partial charge in [0.2, 0.25) is 0 Å². The SMILES string of the molecule is CC(=O)c1cccc(Nc2cc(C)nc3ccc(C)cc23)c1.[Cl-]. The predicted octanol–water partition coefficient (Wildman–Crippen LogP) is 1.80. The highest BCUT2D eigenvalue weighted by Gasteiger charge is 2.06. The van der Waals surface area contributed by atoms with Crippen LogP contribution in [0.5, 0.6) is 0 Å². The van der Waals surface area contributed by atoms with Gasteiger partial charge in [-0.25, -0.2) is 0 Å². The number of hydrogen-bond donors (Lipinski definition) is 1. The molecule has 0 amide bonds. The molecule has 0 atom stereocenters. The fourth-order valence-corrected chi connectivity index (χ4v) is 2.55. The molecule has 1 N–H and O–H groups in total. The molecule has 4 heteroatoms. The van der Waals surface area contributed by atoms with E-state index in [1.807, 2.05) is 43.3 Å². The number of anilines is 2. The van der Waals surface area contributed by atoms with E-state index in [2.05, 4.69) is 29.4 Å². The highest BCUT2D eigenvalue weighted by atomic mass is 35.5. The second-order valence-corrected chi connectivity index (χ2v) is 5.59. The first-order valence-corrected chi connectivity index (χ1v) is 7.29. The molecule has 0 radical (unpaired) electrons. The van der Waals surface area contributed by atoms with Crippen molar-refractivity contribution in [1.29, 1.82) is 0 Å². The van der Waals surface area contributed by atoms with E-state index in [0.717, 1.165) is 28.0 Å². The van der Waals surface area contributed by atoms with Gasteiger partial charge in [-0.2, -0.15) is 0 Å². The number of aryl methyl sites for hydroxylation is 2. The normalized spacial score (nSPS) is 10.2. The summed E-state index contributed by atoms with van der Waals surface area (Å²) in [6.07, 6.45) is 0. The van der Waals surface area contributed by atoms with Gasteiger partial charge in [0.15, 0.2) is 5.78 Å². The minimum Gasteiger partial charge on any atom is -1.00 e. The maximum absolute atomic E-state index is 11.5. The van der Waals surface area contributed by atoms with Gasteiger partial charge < -0.3 is 17.7 Å². The fraction of sp³-hybridized carbons (Fsp3) is 0.158. The van der Waals surface area contributed by atoms with Crippen LogP contribution < -0.4 is 17.7 Å². The molecular weight excluding hydrogens is 308 g/mol. The molecule has 0 saturated heterocycles. The number of nitrogens with zero attached hydrogens (tertiary/aromatic N) is 1. The average molecular weight is 326 g/mol. The van der Waals surface area contributed by atoms with Crippen LogP contribution in [0.25, 0.3) is 10.9 Å². The molecule has 2 aromatic carbocycles. The van der Waals surface area contributed by atoms with Gasteiger partial charge in [-0.15, -0.1) is 0 Å². The number of carbonyl (C=O) groups is 1. The molecule has 3 nitrogen and oxygen atoms in total. The number of carbonyl (C=O) groups excluding carboxylic acids is 1. The molecule has 3 rings (SSSR count). The van der Waals surface area contributed by atoms with Gasteiger partial charge in [-0.05, 0) is 51.1 Å². The van der Waals surface area contributed by atoms with Crippen molar-refractivity contribution in [2.24, 2.45) is 0 Å². The van der Waals surface area contributed by atoms with E-state index in [0.29, 0.717) is 5.56 Å².